The van der Waals surface area contributed by atoms with E-state index in [4.69, 9.17) is 21.1 Å². The molecule has 0 saturated heterocycles. The van der Waals surface area contributed by atoms with E-state index < -0.39 is 17.6 Å². The van der Waals surface area contributed by atoms with Crippen LogP contribution in [0.2, 0.25) is 0 Å². The first-order valence-corrected chi connectivity index (χ1v) is 5.62. The molecule has 102 valence electrons. The Morgan fingerprint density at radius 3 is 2.44 bits per heavy atom. The molecule has 0 unspecified atom stereocenters. The van der Waals surface area contributed by atoms with Gasteiger partial charge in [-0.15, -0.1) is 11.6 Å². The third-order valence-corrected chi connectivity index (χ3v) is 2.12. The normalized spacial score (nSPS) is 11.6. The van der Waals surface area contributed by atoms with Gasteiger partial charge in [0.2, 0.25) is 0 Å². The third kappa shape index (κ3) is 4.70. The van der Waals surface area contributed by atoms with Gasteiger partial charge in [0, 0.05) is 5.88 Å². The van der Waals surface area contributed by atoms with Crippen LogP contribution in [0.5, 0.6) is 5.75 Å². The number of hydrogen-bond acceptors (Lipinski definition) is 2. The Bertz CT molecular complexity index is 382. The molecule has 7 heteroatoms. The average molecular weight is 287 g/mol. The summed E-state index contributed by atoms with van der Waals surface area (Å²) in [5.74, 6) is -1.05. The molecule has 0 aromatic heterocycles. The second-order valence-electron chi connectivity index (χ2n) is 3.29. The maximum Gasteiger partial charge on any atom is 0.419 e. The molecule has 0 aliphatic heterocycles. The summed E-state index contributed by atoms with van der Waals surface area (Å²) in [6.07, 6.45) is -4.74. The van der Waals surface area contributed by atoms with Crippen molar-refractivity contribution in [1.82, 2.24) is 0 Å². The summed E-state index contributed by atoms with van der Waals surface area (Å²) < 4.78 is 60.1. The average Bonchev–Trinajstić information content (AvgIpc) is 2.29. The van der Waals surface area contributed by atoms with Gasteiger partial charge in [0.15, 0.2) is 0 Å². The van der Waals surface area contributed by atoms with Crippen LogP contribution in [0.25, 0.3) is 0 Å². The molecule has 18 heavy (non-hydrogen) atoms. The van der Waals surface area contributed by atoms with Gasteiger partial charge in [0.1, 0.15) is 18.2 Å². The lowest BCUT2D eigenvalue weighted by Crippen LogP contribution is -2.11. The van der Waals surface area contributed by atoms with Gasteiger partial charge in [-0.1, -0.05) is 0 Å². The molecular formula is C11H11ClF4O2. The summed E-state index contributed by atoms with van der Waals surface area (Å²) in [5.41, 5.74) is -1.35. The van der Waals surface area contributed by atoms with Crippen molar-refractivity contribution in [2.24, 2.45) is 0 Å². The molecule has 0 bridgehead atoms. The first-order valence-electron chi connectivity index (χ1n) is 5.08. The van der Waals surface area contributed by atoms with Crippen LogP contribution >= 0.6 is 11.6 Å². The van der Waals surface area contributed by atoms with Crippen molar-refractivity contribution in [3.63, 3.8) is 0 Å². The van der Waals surface area contributed by atoms with Gasteiger partial charge < -0.3 is 9.47 Å². The summed E-state index contributed by atoms with van der Waals surface area (Å²) in [5, 5.41) is 0. The van der Waals surface area contributed by atoms with Crippen molar-refractivity contribution >= 4 is 11.6 Å². The molecule has 1 aromatic rings. The summed E-state index contributed by atoms with van der Waals surface area (Å²) >= 11 is 5.35. The van der Waals surface area contributed by atoms with E-state index in [2.05, 4.69) is 0 Å². The molecule has 0 atom stereocenters. The zero-order valence-corrected chi connectivity index (χ0v) is 10.0. The molecule has 0 fully saturated rings. The Labute approximate surface area is 106 Å². The minimum atomic E-state index is -4.74. The highest BCUT2D eigenvalue weighted by atomic mass is 35.5. The van der Waals surface area contributed by atoms with Gasteiger partial charge in [0.05, 0.1) is 18.8 Å². The van der Waals surface area contributed by atoms with Gasteiger partial charge in [-0.25, -0.2) is 4.39 Å². The molecule has 0 aliphatic carbocycles. The number of benzene rings is 1. The monoisotopic (exact) mass is 286 g/mol. The number of hydrogen-bond donors (Lipinski definition) is 0. The molecule has 0 heterocycles. The summed E-state index contributed by atoms with van der Waals surface area (Å²) in [7, 11) is 0. The van der Waals surface area contributed by atoms with Gasteiger partial charge in [-0.2, -0.15) is 13.2 Å². The van der Waals surface area contributed by atoms with Crippen molar-refractivity contribution in [2.45, 2.75) is 6.18 Å². The minimum absolute atomic E-state index is 0.0572. The first kappa shape index (κ1) is 15.0. The predicted octanol–water partition coefficient (Wildman–Crippen LogP) is 3.48. The Morgan fingerprint density at radius 2 is 1.83 bits per heavy atom. The van der Waals surface area contributed by atoms with E-state index in [1.165, 1.54) is 0 Å². The second kappa shape index (κ2) is 6.80. The lowest BCUT2D eigenvalue weighted by molar-refractivity contribution is -0.140. The summed E-state index contributed by atoms with van der Waals surface area (Å²) in [4.78, 5) is 0. The van der Waals surface area contributed by atoms with Gasteiger partial charge >= 0.3 is 6.18 Å². The largest absolute Gasteiger partial charge is 0.491 e. The fourth-order valence-electron chi connectivity index (χ4n) is 1.19. The van der Waals surface area contributed by atoms with E-state index in [1.54, 1.807) is 0 Å². The van der Waals surface area contributed by atoms with Crippen molar-refractivity contribution < 1.29 is 27.0 Å². The SMILES string of the molecule is Fc1ccc(OCCOCCCl)cc1C(F)(F)F. The van der Waals surface area contributed by atoms with Crippen molar-refractivity contribution in [2.75, 3.05) is 25.7 Å². The van der Waals surface area contributed by atoms with Crippen LogP contribution < -0.4 is 4.74 Å². The smallest absolute Gasteiger partial charge is 0.419 e. The molecule has 0 aliphatic rings. The van der Waals surface area contributed by atoms with Crippen LogP contribution in [-0.2, 0) is 10.9 Å². The highest BCUT2D eigenvalue weighted by molar-refractivity contribution is 6.17. The van der Waals surface area contributed by atoms with Gasteiger partial charge in [-0.05, 0) is 18.2 Å². The molecule has 0 radical (unpaired) electrons. The molecule has 0 spiro atoms. The first-order chi connectivity index (χ1) is 8.45. The van der Waals surface area contributed by atoms with Crippen LogP contribution in [0.4, 0.5) is 17.6 Å². The lowest BCUT2D eigenvalue weighted by Gasteiger charge is -2.11. The maximum absolute atomic E-state index is 12.9. The van der Waals surface area contributed by atoms with Crippen LogP contribution in [0.15, 0.2) is 18.2 Å². The number of halogens is 5. The van der Waals surface area contributed by atoms with Crippen LogP contribution in [-0.4, -0.2) is 25.7 Å². The maximum atomic E-state index is 12.9. The fraction of sp³-hybridized carbons (Fsp3) is 0.455. The second-order valence-corrected chi connectivity index (χ2v) is 3.67. The molecule has 1 aromatic carbocycles. The Morgan fingerprint density at radius 1 is 1.11 bits per heavy atom. The van der Waals surface area contributed by atoms with Crippen LogP contribution in [0.1, 0.15) is 5.56 Å². The van der Waals surface area contributed by atoms with Crippen molar-refractivity contribution in [1.29, 1.82) is 0 Å². The standard InChI is InChI=1S/C11H11ClF4O2/c12-3-4-17-5-6-18-8-1-2-10(13)9(7-8)11(14,15)16/h1-2,7H,3-6H2. The molecule has 0 N–H and O–H groups in total. The minimum Gasteiger partial charge on any atom is -0.491 e. The topological polar surface area (TPSA) is 18.5 Å². The molecule has 1 rings (SSSR count). The number of alkyl halides is 4. The van der Waals surface area contributed by atoms with E-state index in [0.717, 1.165) is 12.1 Å². The number of ether oxygens (including phenoxy) is 2. The van der Waals surface area contributed by atoms with Crippen LogP contribution in [0.3, 0.4) is 0 Å². The predicted molar refractivity (Wildman–Crippen MR) is 58.4 cm³/mol. The fourth-order valence-corrected chi connectivity index (χ4v) is 1.30. The van der Waals surface area contributed by atoms with Gasteiger partial charge in [-0.3, -0.25) is 0 Å². The molecule has 0 saturated carbocycles. The zero-order valence-electron chi connectivity index (χ0n) is 9.27. The van der Waals surface area contributed by atoms with E-state index in [-0.39, 0.29) is 19.0 Å². The lowest BCUT2D eigenvalue weighted by atomic mass is 10.2. The van der Waals surface area contributed by atoms with E-state index >= 15 is 0 Å². The quantitative estimate of drug-likeness (QED) is 0.453. The highest BCUT2D eigenvalue weighted by Gasteiger charge is 2.34. The molecular weight excluding hydrogens is 276 g/mol. The van der Waals surface area contributed by atoms with E-state index in [0.29, 0.717) is 18.6 Å². The van der Waals surface area contributed by atoms with E-state index in [1.807, 2.05) is 0 Å². The zero-order chi connectivity index (χ0) is 13.6. The Kier molecular flexibility index (Phi) is 5.68. The Balaban J connectivity index is 2.57. The highest BCUT2D eigenvalue weighted by Crippen LogP contribution is 2.33. The van der Waals surface area contributed by atoms with Crippen molar-refractivity contribution in [3.8, 4) is 5.75 Å². The van der Waals surface area contributed by atoms with E-state index in [9.17, 15) is 17.6 Å². The van der Waals surface area contributed by atoms with Gasteiger partial charge in [0.25, 0.3) is 0 Å². The van der Waals surface area contributed by atoms with Crippen LogP contribution in [0, 0.1) is 5.82 Å². The number of rotatable bonds is 6. The Hall–Kier alpha value is -1.01. The van der Waals surface area contributed by atoms with Crippen molar-refractivity contribution in [3.05, 3.63) is 29.6 Å². The summed E-state index contributed by atoms with van der Waals surface area (Å²) in [6.45, 7) is 0.605. The summed E-state index contributed by atoms with van der Waals surface area (Å²) in [6, 6.07) is 2.47. The molecule has 2 nitrogen and oxygen atoms in total. The third-order valence-electron chi connectivity index (χ3n) is 1.96. The molecule has 0 amide bonds.